The average molecular weight is 384 g/mol. The summed E-state index contributed by atoms with van der Waals surface area (Å²) in [5.41, 5.74) is 2.37. The van der Waals surface area contributed by atoms with Crippen molar-refractivity contribution in [2.75, 3.05) is 6.54 Å². The normalized spacial score (nSPS) is 20.0. The zero-order valence-corrected chi connectivity index (χ0v) is 16.3. The summed E-state index contributed by atoms with van der Waals surface area (Å²) in [5.74, 6) is 0.0704. The van der Waals surface area contributed by atoms with Crippen molar-refractivity contribution in [3.63, 3.8) is 0 Å². The lowest BCUT2D eigenvalue weighted by Crippen LogP contribution is -2.46. The van der Waals surface area contributed by atoms with Gasteiger partial charge in [0.05, 0.1) is 11.0 Å². The highest BCUT2D eigenvalue weighted by Crippen LogP contribution is 2.25. The minimum atomic E-state index is 0.0704. The quantitative estimate of drug-likeness (QED) is 0.682. The largest absolute Gasteiger partial charge is 0.349 e. The van der Waals surface area contributed by atoms with Crippen LogP contribution < -0.4 is 5.32 Å². The Morgan fingerprint density at radius 1 is 1.37 bits per heavy atom. The molecule has 0 spiro atoms. The number of pyridine rings is 1. The van der Waals surface area contributed by atoms with Crippen LogP contribution >= 0.6 is 11.3 Å². The Balaban J connectivity index is 1.43. The van der Waals surface area contributed by atoms with E-state index in [0.29, 0.717) is 18.3 Å². The van der Waals surface area contributed by atoms with Gasteiger partial charge in [0.25, 0.3) is 5.91 Å². The van der Waals surface area contributed by atoms with E-state index >= 15 is 0 Å². The molecule has 27 heavy (non-hydrogen) atoms. The molecule has 142 valence electrons. The third-order valence-electron chi connectivity index (χ3n) is 5.33. The van der Waals surface area contributed by atoms with Crippen LogP contribution in [0.2, 0.25) is 0 Å². The number of aromatic nitrogens is 3. The highest BCUT2D eigenvalue weighted by Gasteiger charge is 2.30. The van der Waals surface area contributed by atoms with E-state index < -0.39 is 0 Å². The van der Waals surface area contributed by atoms with Gasteiger partial charge < -0.3 is 15.2 Å². The van der Waals surface area contributed by atoms with E-state index in [0.717, 1.165) is 48.3 Å². The second-order valence-corrected chi connectivity index (χ2v) is 8.01. The zero-order valence-electron chi connectivity index (χ0n) is 15.5. The van der Waals surface area contributed by atoms with Crippen molar-refractivity contribution in [3.8, 4) is 0 Å². The fourth-order valence-corrected chi connectivity index (χ4v) is 4.57. The van der Waals surface area contributed by atoms with Crippen molar-refractivity contribution >= 4 is 28.3 Å². The Kier molecular flexibility index (Phi) is 5.50. The van der Waals surface area contributed by atoms with Crippen LogP contribution in [-0.4, -0.2) is 44.4 Å². The summed E-state index contributed by atoms with van der Waals surface area (Å²) in [4.78, 5) is 27.0. The van der Waals surface area contributed by atoms with E-state index in [1.54, 1.807) is 17.5 Å². The van der Waals surface area contributed by atoms with Crippen molar-refractivity contribution in [2.45, 2.75) is 51.2 Å². The molecule has 0 aromatic carbocycles. The van der Waals surface area contributed by atoms with Crippen molar-refractivity contribution in [2.24, 2.45) is 0 Å². The first kappa shape index (κ1) is 18.1. The highest BCUT2D eigenvalue weighted by molar-refractivity contribution is 7.09. The fourth-order valence-electron chi connectivity index (χ4n) is 4.00. The number of amides is 1. The summed E-state index contributed by atoms with van der Waals surface area (Å²) < 4.78 is 0. The summed E-state index contributed by atoms with van der Waals surface area (Å²) in [7, 11) is 0. The van der Waals surface area contributed by atoms with Crippen LogP contribution in [0.15, 0.2) is 36.0 Å². The second kappa shape index (κ2) is 8.19. The molecule has 7 heteroatoms. The lowest BCUT2D eigenvalue weighted by Gasteiger charge is -2.37. The molecular weight excluding hydrogens is 358 g/mol. The first-order chi connectivity index (χ1) is 13.2. The predicted octanol–water partition coefficient (Wildman–Crippen LogP) is 3.58. The van der Waals surface area contributed by atoms with Gasteiger partial charge in [0.15, 0.2) is 0 Å². The fraction of sp³-hybridized carbons (Fsp3) is 0.450. The number of carbonyl (C=O) groups excluding carboxylic acids is 1. The molecule has 1 aliphatic carbocycles. The van der Waals surface area contributed by atoms with Gasteiger partial charge in [-0.15, -0.1) is 11.3 Å². The van der Waals surface area contributed by atoms with Crippen LogP contribution in [0.1, 0.15) is 48.1 Å². The van der Waals surface area contributed by atoms with Crippen LogP contribution in [0.25, 0.3) is 11.0 Å². The molecule has 3 aromatic heterocycles. The minimum absolute atomic E-state index is 0.0704. The van der Waals surface area contributed by atoms with Crippen molar-refractivity contribution in [1.29, 1.82) is 0 Å². The second-order valence-electron chi connectivity index (χ2n) is 7.03. The average Bonchev–Trinajstić information content (AvgIpc) is 3.37. The van der Waals surface area contributed by atoms with E-state index in [1.165, 1.54) is 0 Å². The lowest BCUT2D eigenvalue weighted by molar-refractivity contribution is 0.0623. The summed E-state index contributed by atoms with van der Waals surface area (Å²) in [5, 5.41) is 6.75. The summed E-state index contributed by atoms with van der Waals surface area (Å²) in [6.07, 6.45) is 7.94. The molecule has 1 aliphatic rings. The molecule has 2 N–H and O–H groups in total. The van der Waals surface area contributed by atoms with Gasteiger partial charge in [0.1, 0.15) is 10.7 Å². The number of carbonyl (C=O) groups is 1. The monoisotopic (exact) mass is 383 g/mol. The molecule has 0 radical (unpaired) electrons. The number of H-pyrrole nitrogens is 1. The Morgan fingerprint density at radius 2 is 2.30 bits per heavy atom. The topological polar surface area (TPSA) is 73.9 Å². The third kappa shape index (κ3) is 4.04. The number of nitrogens with zero attached hydrogens (tertiary/aromatic N) is 3. The molecule has 1 fully saturated rings. The Morgan fingerprint density at radius 3 is 3.07 bits per heavy atom. The van der Waals surface area contributed by atoms with Gasteiger partial charge in [-0.25, -0.2) is 4.98 Å². The molecule has 1 saturated carbocycles. The molecule has 0 unspecified atom stereocenters. The van der Waals surface area contributed by atoms with Gasteiger partial charge in [-0.05, 0) is 50.8 Å². The first-order valence-corrected chi connectivity index (χ1v) is 10.5. The van der Waals surface area contributed by atoms with Crippen molar-refractivity contribution < 1.29 is 4.79 Å². The summed E-state index contributed by atoms with van der Waals surface area (Å²) in [6.45, 7) is 3.58. The number of nitrogens with one attached hydrogen (secondary N) is 2. The number of hydrogen-bond acceptors (Lipinski definition) is 5. The Hall–Kier alpha value is -2.25. The van der Waals surface area contributed by atoms with Gasteiger partial charge in [0, 0.05) is 42.9 Å². The standard InChI is InChI=1S/C20H25N5OS/c1-2-25(20(26)18-12-17-16(24-18)7-4-8-21-17)15-6-3-5-14(11-15)23-13-19-22-9-10-27-19/h4,7-10,12,14-15,23-24H,2-3,5-6,11,13H2,1H3/t14-,15+/m1/s1. The van der Waals surface area contributed by atoms with Crippen LogP contribution in [0, 0.1) is 0 Å². The Labute approximate surface area is 163 Å². The van der Waals surface area contributed by atoms with Gasteiger partial charge in [-0.3, -0.25) is 9.78 Å². The van der Waals surface area contributed by atoms with Crippen molar-refractivity contribution in [1.82, 2.24) is 25.2 Å². The molecule has 1 amide bonds. The highest BCUT2D eigenvalue weighted by atomic mass is 32.1. The van der Waals surface area contributed by atoms with E-state index in [4.69, 9.17) is 0 Å². The number of hydrogen-bond donors (Lipinski definition) is 2. The zero-order chi connectivity index (χ0) is 18.6. The Bertz CT molecular complexity index is 858. The summed E-state index contributed by atoms with van der Waals surface area (Å²) in [6, 6.07) is 6.39. The van der Waals surface area contributed by atoms with E-state index in [2.05, 4.69) is 27.2 Å². The predicted molar refractivity (Wildman–Crippen MR) is 108 cm³/mol. The van der Waals surface area contributed by atoms with Gasteiger partial charge in [-0.2, -0.15) is 0 Å². The minimum Gasteiger partial charge on any atom is -0.349 e. The molecule has 4 rings (SSSR count). The van der Waals surface area contributed by atoms with Crippen molar-refractivity contribution in [3.05, 3.63) is 46.7 Å². The van der Waals surface area contributed by atoms with E-state index in [9.17, 15) is 4.79 Å². The molecular formula is C20H25N5OS. The molecule has 0 aliphatic heterocycles. The van der Waals surface area contributed by atoms with Crippen LogP contribution in [0.5, 0.6) is 0 Å². The summed E-state index contributed by atoms with van der Waals surface area (Å²) >= 11 is 1.68. The molecule has 2 atom stereocenters. The van der Waals surface area contributed by atoms with Gasteiger partial charge in [-0.1, -0.05) is 0 Å². The van der Waals surface area contributed by atoms with E-state index in [-0.39, 0.29) is 11.9 Å². The van der Waals surface area contributed by atoms with Gasteiger partial charge in [0.2, 0.25) is 0 Å². The first-order valence-electron chi connectivity index (χ1n) is 9.61. The maximum atomic E-state index is 13.1. The smallest absolute Gasteiger partial charge is 0.270 e. The maximum Gasteiger partial charge on any atom is 0.270 e. The number of thiazole rings is 1. The third-order valence-corrected chi connectivity index (χ3v) is 6.11. The number of fused-ring (bicyclic) bond motifs is 1. The van der Waals surface area contributed by atoms with Gasteiger partial charge >= 0.3 is 0 Å². The van der Waals surface area contributed by atoms with Crippen LogP contribution in [0.3, 0.4) is 0 Å². The molecule has 0 bridgehead atoms. The maximum absolute atomic E-state index is 13.1. The molecule has 3 heterocycles. The molecule has 0 saturated heterocycles. The lowest BCUT2D eigenvalue weighted by atomic mass is 9.89. The molecule has 3 aromatic rings. The van der Waals surface area contributed by atoms with E-state index in [1.807, 2.05) is 34.7 Å². The number of aromatic amines is 1. The number of rotatable bonds is 6. The molecule has 6 nitrogen and oxygen atoms in total. The van der Waals surface area contributed by atoms with Crippen LogP contribution in [-0.2, 0) is 6.54 Å². The van der Waals surface area contributed by atoms with Crippen LogP contribution in [0.4, 0.5) is 0 Å². The SMILES string of the molecule is CCN(C(=O)c1cc2ncccc2[nH]1)[C@H]1CCC[C@@H](NCc2nccs2)C1.